The molecule has 0 spiro atoms. The molecule has 0 aromatic carbocycles. The fraction of sp³-hybridized carbons (Fsp3) is 0.952. The van der Waals surface area contributed by atoms with Crippen LogP contribution >= 0.6 is 0 Å². The van der Waals surface area contributed by atoms with Crippen molar-refractivity contribution < 1.29 is 55.2 Å². The Bertz CT molecular complexity index is 1800. The van der Waals surface area contributed by atoms with Crippen LogP contribution in [0.1, 0.15) is 187 Å². The van der Waals surface area contributed by atoms with Gasteiger partial charge in [0.1, 0.15) is 0 Å². The van der Waals surface area contributed by atoms with Crippen molar-refractivity contribution in [2.24, 2.45) is 5.14 Å². The van der Waals surface area contributed by atoms with Crippen LogP contribution in [0.5, 0.6) is 0 Å². The maximum absolute atomic E-state index is 11.6. The zero-order valence-corrected chi connectivity index (χ0v) is 44.1. The van der Waals surface area contributed by atoms with Gasteiger partial charge in [0.25, 0.3) is 0 Å². The number of nitrogens with zero attached hydrogens (tertiary/aromatic N) is 1. The first-order valence-corrected chi connectivity index (χ1v) is 28.4. The molecule has 0 atom stereocenters. The molecule has 1 saturated heterocycles. The first-order chi connectivity index (χ1) is 25.0. The molecule has 21 heteroatoms. The van der Waals surface area contributed by atoms with Crippen LogP contribution in [-0.2, 0) is 64.1 Å². The monoisotopic (exact) mass is 1030 g/mol. The van der Waals surface area contributed by atoms with Crippen LogP contribution < -0.4 is 5.14 Å². The summed E-state index contributed by atoms with van der Waals surface area (Å²) in [5.41, 5.74) is 0. The number of sulfonamides is 2. The molecule has 1 heterocycles. The summed E-state index contributed by atoms with van der Waals surface area (Å²) in [6.45, 7) is 34.7. The lowest BCUT2D eigenvalue weighted by Crippen LogP contribution is -2.38. The zero-order chi connectivity index (χ0) is 48.1. The molecule has 0 unspecified atom stereocenters. The van der Waals surface area contributed by atoms with Gasteiger partial charge in [0.2, 0.25) is 20.0 Å². The van der Waals surface area contributed by atoms with Gasteiger partial charge in [-0.1, -0.05) is 43.7 Å². The highest BCUT2D eigenvalue weighted by Gasteiger charge is 2.43. The molecule has 2 rings (SSSR count). The summed E-state index contributed by atoms with van der Waals surface area (Å²) in [5, 5.41) is 4.73. The zero-order valence-electron chi connectivity index (χ0n) is 39.2. The lowest BCUT2D eigenvalue weighted by atomic mass is 10.2. The lowest BCUT2D eigenvalue weighted by Gasteiger charge is -2.23. The van der Waals surface area contributed by atoms with Gasteiger partial charge in [0.15, 0.2) is 39.3 Å². The first-order valence-electron chi connectivity index (χ1n) is 19.1. The van der Waals surface area contributed by atoms with E-state index in [9.17, 15) is 50.5 Å². The molecule has 0 amide bonds. The Morgan fingerprint density at radius 3 is 0.937 bits per heavy atom. The molecule has 1 saturated carbocycles. The summed E-state index contributed by atoms with van der Waals surface area (Å²) >= 11 is 0. The smallest absolute Gasteiger partial charge is 0.218 e. The van der Waals surface area contributed by atoms with E-state index in [1.165, 1.54) is 4.31 Å². The van der Waals surface area contributed by atoms with Crippen LogP contribution in [0.2, 0.25) is 0 Å². The average Bonchev–Trinajstić information content (AvgIpc) is 3.87. The molecule has 2 N–H and O–H groups in total. The Morgan fingerprint density at radius 1 is 0.524 bits per heavy atom. The van der Waals surface area contributed by atoms with Crippen LogP contribution in [0, 0.1) is 0 Å². The maximum Gasteiger partial charge on any atom is 0.218 e. The number of hydrogen-bond acceptors (Lipinski definition) is 13. The van der Waals surface area contributed by atoms with Crippen molar-refractivity contribution >= 4 is 59.4 Å². The van der Waals surface area contributed by atoms with Crippen LogP contribution in [0.25, 0.3) is 0 Å². The van der Waals surface area contributed by atoms with Gasteiger partial charge in [-0.05, 0) is 150 Å². The highest BCUT2D eigenvalue weighted by molar-refractivity contribution is 7.95. The number of primary sulfonamides is 1. The van der Waals surface area contributed by atoms with E-state index in [-0.39, 0.29) is 63.4 Å². The van der Waals surface area contributed by atoms with Crippen molar-refractivity contribution in [1.29, 1.82) is 0 Å². The van der Waals surface area contributed by atoms with E-state index < -0.39 is 78.4 Å². The third-order valence-corrected chi connectivity index (χ3v) is 23.3. The normalized spacial score (nSPS) is 15.3. The SMILES string of the molecule is C.C.C.C.C.C=CS(=O)(=O)C(C)C.CC(C)(C)S(=O)(=O)C1CC1.CC(C)(C)S(N)(=O)=O.CC(C)S(=O)(=O)C(C)(C)C.CC(C)S(=O)(=O)C1CCOCC1.CN(C)S(=O)(=O)C(C)(C)C. The number of nitrogens with two attached hydrogens (primary N) is 1. The van der Waals surface area contributed by atoms with Gasteiger partial charge in [-0.15, -0.1) is 0 Å². The van der Waals surface area contributed by atoms with Crippen LogP contribution in [0.3, 0.4) is 0 Å². The quantitative estimate of drug-likeness (QED) is 0.251. The molecule has 2 fully saturated rings. The maximum atomic E-state index is 11.6. The summed E-state index contributed by atoms with van der Waals surface area (Å²) in [7, 11) is -14.9. The third-order valence-electron chi connectivity index (χ3n) is 8.58. The van der Waals surface area contributed by atoms with Gasteiger partial charge < -0.3 is 4.74 Å². The average molecular weight is 1040 g/mol. The van der Waals surface area contributed by atoms with Gasteiger partial charge in [-0.3, -0.25) is 0 Å². The Labute approximate surface area is 393 Å². The molecule has 0 aromatic rings. The Morgan fingerprint density at radius 2 is 0.841 bits per heavy atom. The van der Waals surface area contributed by atoms with Crippen molar-refractivity contribution in [3.63, 3.8) is 0 Å². The predicted molar refractivity (Wildman–Crippen MR) is 277 cm³/mol. The molecular weight excluding hydrogens is 933 g/mol. The van der Waals surface area contributed by atoms with E-state index in [0.717, 1.165) is 18.2 Å². The Hall–Kier alpha value is -0.680. The second-order valence-electron chi connectivity index (χ2n) is 18.9. The van der Waals surface area contributed by atoms with E-state index in [0.29, 0.717) is 26.1 Å². The minimum atomic E-state index is -3.34. The lowest BCUT2D eigenvalue weighted by molar-refractivity contribution is 0.0982. The predicted octanol–water partition coefficient (Wildman–Crippen LogP) is 8.84. The van der Waals surface area contributed by atoms with Crippen molar-refractivity contribution in [2.75, 3.05) is 27.3 Å². The van der Waals surface area contributed by atoms with E-state index in [1.807, 2.05) is 0 Å². The van der Waals surface area contributed by atoms with Gasteiger partial charge in [0.05, 0.1) is 45.2 Å². The number of sulfone groups is 4. The minimum absolute atomic E-state index is 0. The van der Waals surface area contributed by atoms with Gasteiger partial charge in [-0.25, -0.2) is 60.0 Å². The summed E-state index contributed by atoms with van der Waals surface area (Å²) in [5.74, 6) is 0. The second-order valence-corrected chi connectivity index (χ2v) is 35.6. The van der Waals surface area contributed by atoms with E-state index >= 15 is 0 Å². The molecule has 63 heavy (non-hydrogen) atoms. The third kappa shape index (κ3) is 29.6. The van der Waals surface area contributed by atoms with Crippen molar-refractivity contribution in [2.45, 2.75) is 233 Å². The summed E-state index contributed by atoms with van der Waals surface area (Å²) in [4.78, 5) is 0. The summed E-state index contributed by atoms with van der Waals surface area (Å²) in [6.07, 6.45) is 3.08. The van der Waals surface area contributed by atoms with Crippen LogP contribution in [0.15, 0.2) is 12.0 Å². The van der Waals surface area contributed by atoms with Crippen LogP contribution in [0.4, 0.5) is 0 Å². The van der Waals surface area contributed by atoms with E-state index in [4.69, 9.17) is 9.88 Å². The first kappa shape index (κ1) is 82.4. The van der Waals surface area contributed by atoms with Crippen LogP contribution in [-0.4, -0.2) is 127 Å². The number of hydrogen-bond donors (Lipinski definition) is 1. The molecule has 0 bridgehead atoms. The van der Waals surface area contributed by atoms with Gasteiger partial charge in [-0.2, -0.15) is 0 Å². The minimum Gasteiger partial charge on any atom is -0.381 e. The molecule has 15 nitrogen and oxygen atoms in total. The van der Waals surface area contributed by atoms with Crippen molar-refractivity contribution in [3.05, 3.63) is 12.0 Å². The molecule has 0 aromatic heterocycles. The fourth-order valence-corrected chi connectivity index (χ4v) is 9.99. The molecule has 394 valence electrons. The van der Waals surface area contributed by atoms with Gasteiger partial charge in [0, 0.05) is 32.7 Å². The molecule has 0 radical (unpaired) electrons. The number of rotatable bonds is 7. The summed E-state index contributed by atoms with van der Waals surface area (Å²) < 4.78 is 137. The molecule has 2 aliphatic rings. The van der Waals surface area contributed by atoms with Gasteiger partial charge >= 0.3 is 0 Å². The van der Waals surface area contributed by atoms with E-state index in [2.05, 4.69) is 6.58 Å². The largest absolute Gasteiger partial charge is 0.381 e. The molecule has 1 aliphatic heterocycles. The fourth-order valence-electron chi connectivity index (χ4n) is 3.72. The molecule has 1 aliphatic carbocycles. The molecular formula is C42H102N2O13S6. The highest BCUT2D eigenvalue weighted by atomic mass is 32.2. The standard InChI is InChI=1S/C8H16O3S.C7H14O2S.C7H16O2S.C6H15NO2S.C5H10O2S.C4H11NO2S.5CH4/c1-7(2)12(9,10)8-3-5-11-6-4-8;1-7(2,3)10(8,9)6-4-5-6;1-6(2)10(8,9)7(3,4)5;1-6(2,3)10(8,9)7(4)5;1-4-8(6,7)5(2)3;1-4(2,3)8(5,6)7;;;;;/h7-8H,3-6H2,1-2H3;6H,4-5H2,1-3H3;6H,1-5H3;1-5H3;4-5H,1H2,2-3H3;1-3H3,(H2,5,6,7);5*1H4. The Balaban J connectivity index is -0.0000000785. The van der Waals surface area contributed by atoms with E-state index in [1.54, 1.807) is 139 Å². The highest BCUT2D eigenvalue weighted by Crippen LogP contribution is 2.35. The number of ether oxygens (including phenoxy) is 1. The van der Waals surface area contributed by atoms with Crippen molar-refractivity contribution in [3.8, 4) is 0 Å². The second kappa shape index (κ2) is 30.6. The van der Waals surface area contributed by atoms with Crippen molar-refractivity contribution in [1.82, 2.24) is 4.31 Å². The topological polar surface area (TPSA) is 243 Å². The Kier molecular flexibility index (Phi) is 40.1. The summed E-state index contributed by atoms with van der Waals surface area (Å²) in [6, 6.07) is 0.